The Kier molecular flexibility index (Phi) is 6.06. The first-order valence-electron chi connectivity index (χ1n) is 7.80. The normalized spacial score (nSPS) is 22.2. The second-order valence-corrected chi connectivity index (χ2v) is 6.11. The van der Waals surface area contributed by atoms with E-state index in [1.54, 1.807) is 6.20 Å². The van der Waals surface area contributed by atoms with Crippen LogP contribution in [0, 0.1) is 5.92 Å². The quantitative estimate of drug-likeness (QED) is 0.847. The van der Waals surface area contributed by atoms with E-state index in [4.69, 9.17) is 11.6 Å². The van der Waals surface area contributed by atoms with Gasteiger partial charge in [0, 0.05) is 25.1 Å². The number of hydrogen-bond donors (Lipinski definition) is 2. The summed E-state index contributed by atoms with van der Waals surface area (Å²) in [4.78, 5) is 12.2. The van der Waals surface area contributed by atoms with Crippen LogP contribution < -0.4 is 10.9 Å². The maximum absolute atomic E-state index is 12.2. The molecule has 1 aliphatic carbocycles. The number of hydrogen-bond acceptors (Lipinski definition) is 4. The number of nitrogens with one attached hydrogen (secondary N) is 1. The van der Waals surface area contributed by atoms with Crippen LogP contribution in [0.4, 0.5) is 5.69 Å². The average Bonchev–Trinajstić information content (AvgIpc) is 2.51. The van der Waals surface area contributed by atoms with Gasteiger partial charge in [0.15, 0.2) is 0 Å². The molecule has 2 rings (SSSR count). The van der Waals surface area contributed by atoms with Crippen molar-refractivity contribution in [1.82, 2.24) is 9.78 Å². The molecule has 0 aliphatic heterocycles. The molecule has 0 bridgehead atoms. The lowest BCUT2D eigenvalue weighted by Crippen LogP contribution is -2.35. The summed E-state index contributed by atoms with van der Waals surface area (Å²) in [5.74, 6) is 0.220. The highest BCUT2D eigenvalue weighted by Crippen LogP contribution is 2.28. The minimum absolute atomic E-state index is 0.161. The van der Waals surface area contributed by atoms with E-state index in [9.17, 15) is 9.90 Å². The number of aromatic nitrogens is 2. The highest BCUT2D eigenvalue weighted by molar-refractivity contribution is 6.32. The summed E-state index contributed by atoms with van der Waals surface area (Å²) in [6, 6.07) is 0.161. The molecule has 118 valence electrons. The Hall–Kier alpha value is -1.07. The molecule has 2 N–H and O–H groups in total. The summed E-state index contributed by atoms with van der Waals surface area (Å²) < 4.78 is 1.42. The van der Waals surface area contributed by atoms with Crippen molar-refractivity contribution in [3.05, 3.63) is 21.6 Å². The fraction of sp³-hybridized carbons (Fsp3) is 0.733. The molecular weight excluding hydrogens is 290 g/mol. The Labute approximate surface area is 130 Å². The zero-order valence-electron chi connectivity index (χ0n) is 12.5. The van der Waals surface area contributed by atoms with Crippen molar-refractivity contribution < 1.29 is 5.11 Å². The minimum Gasteiger partial charge on any atom is -0.396 e. The summed E-state index contributed by atoms with van der Waals surface area (Å²) in [5.41, 5.74) is 0.339. The third-order valence-electron chi connectivity index (χ3n) is 4.19. The first kappa shape index (κ1) is 16.3. The van der Waals surface area contributed by atoms with Crippen LogP contribution in [0.3, 0.4) is 0 Å². The van der Waals surface area contributed by atoms with E-state index in [2.05, 4.69) is 17.3 Å². The molecule has 6 heteroatoms. The maximum Gasteiger partial charge on any atom is 0.287 e. The lowest BCUT2D eigenvalue weighted by Gasteiger charge is -2.31. The number of halogens is 1. The number of rotatable bonds is 6. The second-order valence-electron chi connectivity index (χ2n) is 5.73. The standard InChI is InChI=1S/C15H24ClN3O2/c1-2-3-8-19-15(21)14(16)13(9-17-19)18-12-7-5-4-6-11(12)10-20/h9,11-12,18,20H,2-8,10H2,1H3. The van der Waals surface area contributed by atoms with Gasteiger partial charge in [-0.3, -0.25) is 4.79 Å². The molecule has 1 aromatic heterocycles. The van der Waals surface area contributed by atoms with Gasteiger partial charge in [-0.05, 0) is 19.3 Å². The highest BCUT2D eigenvalue weighted by Gasteiger charge is 2.25. The topological polar surface area (TPSA) is 67.2 Å². The summed E-state index contributed by atoms with van der Waals surface area (Å²) in [6.07, 6.45) is 7.81. The van der Waals surface area contributed by atoms with Crippen LogP contribution in [0.15, 0.2) is 11.0 Å². The largest absolute Gasteiger partial charge is 0.396 e. The van der Waals surface area contributed by atoms with Crippen LogP contribution in [-0.4, -0.2) is 27.5 Å². The number of anilines is 1. The third kappa shape index (κ3) is 3.98. The predicted molar refractivity (Wildman–Crippen MR) is 84.9 cm³/mol. The first-order valence-corrected chi connectivity index (χ1v) is 8.18. The molecule has 0 radical (unpaired) electrons. The van der Waals surface area contributed by atoms with Gasteiger partial charge in [-0.1, -0.05) is 37.8 Å². The molecule has 1 aromatic rings. The molecule has 5 nitrogen and oxygen atoms in total. The molecule has 1 saturated carbocycles. The number of aryl methyl sites for hydroxylation is 1. The van der Waals surface area contributed by atoms with Crippen molar-refractivity contribution in [2.24, 2.45) is 5.92 Å². The Bertz CT molecular complexity index is 518. The monoisotopic (exact) mass is 313 g/mol. The van der Waals surface area contributed by atoms with E-state index in [0.29, 0.717) is 12.2 Å². The van der Waals surface area contributed by atoms with Crippen molar-refractivity contribution >= 4 is 17.3 Å². The van der Waals surface area contributed by atoms with Crippen LogP contribution in [0.5, 0.6) is 0 Å². The van der Waals surface area contributed by atoms with Gasteiger partial charge in [-0.25, -0.2) is 4.68 Å². The molecule has 1 fully saturated rings. The smallest absolute Gasteiger partial charge is 0.287 e. The SMILES string of the molecule is CCCCn1ncc(NC2CCCCC2CO)c(Cl)c1=O. The van der Waals surface area contributed by atoms with E-state index in [-0.39, 0.29) is 29.1 Å². The summed E-state index contributed by atoms with van der Waals surface area (Å²) >= 11 is 6.19. The van der Waals surface area contributed by atoms with Gasteiger partial charge in [0.1, 0.15) is 5.02 Å². The molecule has 0 saturated heterocycles. The fourth-order valence-corrected chi connectivity index (χ4v) is 3.05. The van der Waals surface area contributed by atoms with Crippen molar-refractivity contribution in [3.8, 4) is 0 Å². The summed E-state index contributed by atoms with van der Waals surface area (Å²) in [5, 5.41) is 17.1. The lowest BCUT2D eigenvalue weighted by molar-refractivity contribution is 0.178. The van der Waals surface area contributed by atoms with Gasteiger partial charge in [0.25, 0.3) is 5.56 Å². The number of aliphatic hydroxyl groups is 1. The zero-order chi connectivity index (χ0) is 15.2. The van der Waals surface area contributed by atoms with Gasteiger partial charge in [-0.15, -0.1) is 0 Å². The molecule has 21 heavy (non-hydrogen) atoms. The van der Waals surface area contributed by atoms with Gasteiger partial charge >= 0.3 is 0 Å². The highest BCUT2D eigenvalue weighted by atomic mass is 35.5. The second kappa shape index (κ2) is 7.80. The predicted octanol–water partition coefficient (Wildman–Crippen LogP) is 2.66. The molecule has 2 unspecified atom stereocenters. The van der Waals surface area contributed by atoms with E-state index < -0.39 is 0 Å². The Morgan fingerprint density at radius 2 is 2.24 bits per heavy atom. The number of unbranched alkanes of at least 4 members (excludes halogenated alkanes) is 1. The molecule has 1 heterocycles. The minimum atomic E-state index is -0.244. The maximum atomic E-state index is 12.2. The van der Waals surface area contributed by atoms with Crippen molar-refractivity contribution in [2.45, 2.75) is 58.0 Å². The Balaban J connectivity index is 2.13. The molecule has 0 spiro atoms. The zero-order valence-corrected chi connectivity index (χ0v) is 13.3. The van der Waals surface area contributed by atoms with Crippen LogP contribution in [0.1, 0.15) is 45.4 Å². The molecule has 0 amide bonds. The Morgan fingerprint density at radius 3 is 2.95 bits per heavy atom. The van der Waals surface area contributed by atoms with Gasteiger partial charge in [0.05, 0.1) is 11.9 Å². The van der Waals surface area contributed by atoms with Gasteiger partial charge in [-0.2, -0.15) is 5.10 Å². The van der Waals surface area contributed by atoms with E-state index in [1.165, 1.54) is 4.68 Å². The molecule has 2 atom stereocenters. The van der Waals surface area contributed by atoms with Crippen molar-refractivity contribution in [2.75, 3.05) is 11.9 Å². The fourth-order valence-electron chi connectivity index (χ4n) is 2.85. The van der Waals surface area contributed by atoms with E-state index >= 15 is 0 Å². The van der Waals surface area contributed by atoms with Gasteiger partial charge in [0.2, 0.25) is 0 Å². The molecule has 1 aliphatic rings. The molecule has 0 aromatic carbocycles. The van der Waals surface area contributed by atoms with E-state index in [1.807, 2.05) is 0 Å². The first-order chi connectivity index (χ1) is 10.2. The van der Waals surface area contributed by atoms with Crippen LogP contribution in [-0.2, 0) is 6.54 Å². The Morgan fingerprint density at radius 1 is 1.48 bits per heavy atom. The summed E-state index contributed by atoms with van der Waals surface area (Å²) in [6.45, 7) is 2.83. The van der Waals surface area contributed by atoms with Gasteiger partial charge < -0.3 is 10.4 Å². The number of nitrogens with zero attached hydrogens (tertiary/aromatic N) is 2. The van der Waals surface area contributed by atoms with Crippen LogP contribution in [0.2, 0.25) is 5.02 Å². The van der Waals surface area contributed by atoms with Crippen molar-refractivity contribution in [3.63, 3.8) is 0 Å². The van der Waals surface area contributed by atoms with Crippen LogP contribution in [0.25, 0.3) is 0 Å². The van der Waals surface area contributed by atoms with Crippen LogP contribution >= 0.6 is 11.6 Å². The molecular formula is C15H24ClN3O2. The average molecular weight is 314 g/mol. The summed E-state index contributed by atoms with van der Waals surface area (Å²) in [7, 11) is 0. The van der Waals surface area contributed by atoms with E-state index in [0.717, 1.165) is 38.5 Å². The van der Waals surface area contributed by atoms with Crippen molar-refractivity contribution in [1.29, 1.82) is 0 Å². The number of aliphatic hydroxyl groups excluding tert-OH is 1. The lowest BCUT2D eigenvalue weighted by atomic mass is 9.85. The third-order valence-corrected chi connectivity index (χ3v) is 4.56.